The van der Waals surface area contributed by atoms with Crippen LogP contribution in [0, 0.1) is 0 Å². The highest BCUT2D eigenvalue weighted by atomic mass is 15.2. The predicted octanol–water partition coefficient (Wildman–Crippen LogP) is 12.3. The van der Waals surface area contributed by atoms with Gasteiger partial charge in [-0.15, -0.1) is 0 Å². The van der Waals surface area contributed by atoms with Crippen LogP contribution in [-0.4, -0.2) is 13.4 Å². The molecule has 0 amide bonds. The van der Waals surface area contributed by atoms with Crippen LogP contribution in [0.25, 0.3) is 22.3 Å². The van der Waals surface area contributed by atoms with E-state index in [1.165, 1.54) is 94.3 Å². The Labute approximate surface area is 417 Å². The maximum atomic E-state index is 2.50. The normalized spacial score (nSPS) is 13.4. The summed E-state index contributed by atoms with van der Waals surface area (Å²) in [5.41, 5.74) is 24.6. The molecule has 4 heteroatoms. The van der Waals surface area contributed by atoms with E-state index >= 15 is 0 Å². The number of nitrogens with zero attached hydrogens (tertiary/aromatic N) is 2. The van der Waals surface area contributed by atoms with Crippen molar-refractivity contribution in [2.75, 3.05) is 9.80 Å². The molecule has 0 bridgehead atoms. The molecular weight excluding hydrogens is 854 g/mol. The average Bonchev–Trinajstić information content (AvgIpc) is 3.45. The summed E-state index contributed by atoms with van der Waals surface area (Å²) in [6, 6.07) is 104. The van der Waals surface area contributed by atoms with E-state index in [1.807, 2.05) is 0 Å². The molecule has 3 aliphatic rings. The van der Waals surface area contributed by atoms with Gasteiger partial charge in [0.25, 0.3) is 0 Å². The van der Waals surface area contributed by atoms with Gasteiger partial charge in [-0.1, -0.05) is 240 Å². The summed E-state index contributed by atoms with van der Waals surface area (Å²) >= 11 is 0. The van der Waals surface area contributed by atoms with Crippen LogP contribution in [0.15, 0.2) is 279 Å². The third kappa shape index (κ3) is 6.38. The van der Waals surface area contributed by atoms with E-state index in [2.05, 4.69) is 289 Å². The number of benzene rings is 11. The van der Waals surface area contributed by atoms with Crippen LogP contribution >= 0.6 is 0 Å². The first-order valence-corrected chi connectivity index (χ1v) is 24.8. The lowest BCUT2D eigenvalue weighted by atomic mass is 9.25. The van der Waals surface area contributed by atoms with Crippen LogP contribution in [-0.2, 0) is 5.41 Å². The monoisotopic (exact) mass is 900 g/mol. The van der Waals surface area contributed by atoms with Crippen molar-refractivity contribution in [3.05, 3.63) is 301 Å². The smallest absolute Gasteiger partial charge is 0.247 e. The van der Waals surface area contributed by atoms with Crippen LogP contribution in [0.1, 0.15) is 22.3 Å². The van der Waals surface area contributed by atoms with Crippen LogP contribution in [0.5, 0.6) is 0 Å². The lowest BCUT2D eigenvalue weighted by molar-refractivity contribution is 0.757. The summed E-state index contributed by atoms with van der Waals surface area (Å²) < 4.78 is 0. The number of hydrogen-bond acceptors (Lipinski definition) is 2. The minimum absolute atomic E-state index is 0.00399. The van der Waals surface area contributed by atoms with Crippen molar-refractivity contribution in [1.29, 1.82) is 0 Å². The molecule has 0 saturated carbocycles. The van der Waals surface area contributed by atoms with Crippen molar-refractivity contribution in [3.63, 3.8) is 0 Å². The van der Waals surface area contributed by atoms with E-state index in [0.29, 0.717) is 0 Å². The Morgan fingerprint density at radius 3 is 1.28 bits per heavy atom. The molecule has 11 aromatic carbocycles. The lowest BCUT2D eigenvalue weighted by Gasteiger charge is -2.51. The van der Waals surface area contributed by atoms with Gasteiger partial charge in [-0.2, -0.15) is 0 Å². The van der Waals surface area contributed by atoms with Gasteiger partial charge in [0.2, 0.25) is 13.4 Å². The van der Waals surface area contributed by atoms with Crippen LogP contribution in [0.3, 0.4) is 0 Å². The van der Waals surface area contributed by atoms with Crippen molar-refractivity contribution < 1.29 is 0 Å². The Morgan fingerprint density at radius 1 is 0.296 bits per heavy atom. The fourth-order valence-corrected chi connectivity index (χ4v) is 12.6. The molecule has 0 radical (unpaired) electrons. The first kappa shape index (κ1) is 41.2. The maximum Gasteiger partial charge on any atom is 0.247 e. The van der Waals surface area contributed by atoms with E-state index in [1.54, 1.807) is 0 Å². The molecule has 0 aliphatic carbocycles. The Hall–Kier alpha value is -8.85. The molecule has 3 heterocycles. The summed E-state index contributed by atoms with van der Waals surface area (Å²) in [5, 5.41) is 0. The molecule has 330 valence electrons. The number of para-hydroxylation sites is 2. The molecule has 2 nitrogen and oxygen atoms in total. The largest absolute Gasteiger partial charge is 0.312 e. The molecule has 0 unspecified atom stereocenters. The summed E-state index contributed by atoms with van der Waals surface area (Å²) in [6.45, 7) is 0.0813. The molecule has 1 spiro atoms. The SMILES string of the molecule is c1ccc(-c2cccc(N(c3ccc(B4c5ccccc5C5(c6ccccc64)c4ccccc4B4c6ccccc6N(c6ccccc6)c6cccc5c64)cc3)c3cccc(-c4ccccc4)c3)c2)cc1. The second-order valence-corrected chi connectivity index (χ2v) is 19.1. The van der Waals surface area contributed by atoms with Gasteiger partial charge < -0.3 is 9.80 Å². The summed E-state index contributed by atoms with van der Waals surface area (Å²) in [6.07, 6.45) is 0. The fraction of sp³-hybridized carbons (Fsp3) is 0.0149. The Balaban J connectivity index is 0.947. The first-order valence-electron chi connectivity index (χ1n) is 24.8. The minimum atomic E-state index is -0.568. The molecule has 14 rings (SSSR count). The van der Waals surface area contributed by atoms with Gasteiger partial charge in [0.05, 0.1) is 5.41 Å². The Kier molecular flexibility index (Phi) is 9.67. The van der Waals surface area contributed by atoms with Gasteiger partial charge in [-0.25, -0.2) is 0 Å². The van der Waals surface area contributed by atoms with Crippen LogP contribution < -0.4 is 42.6 Å². The van der Waals surface area contributed by atoms with Crippen molar-refractivity contribution in [1.82, 2.24) is 0 Å². The summed E-state index contributed by atoms with van der Waals surface area (Å²) in [4.78, 5) is 4.90. The van der Waals surface area contributed by atoms with Crippen molar-refractivity contribution in [2.24, 2.45) is 0 Å². The summed E-state index contributed by atoms with van der Waals surface area (Å²) in [5.74, 6) is 0. The van der Waals surface area contributed by atoms with Gasteiger partial charge in [-0.3, -0.25) is 0 Å². The molecule has 0 atom stereocenters. The van der Waals surface area contributed by atoms with E-state index in [0.717, 1.165) is 17.1 Å². The molecule has 0 saturated heterocycles. The van der Waals surface area contributed by atoms with Crippen LogP contribution in [0.2, 0.25) is 0 Å². The lowest BCUT2D eigenvalue weighted by Crippen LogP contribution is -2.69. The van der Waals surface area contributed by atoms with Gasteiger partial charge in [0.15, 0.2) is 0 Å². The molecule has 0 fully saturated rings. The zero-order valence-corrected chi connectivity index (χ0v) is 39.1. The third-order valence-corrected chi connectivity index (χ3v) is 15.5. The Morgan fingerprint density at radius 2 is 0.718 bits per heavy atom. The maximum absolute atomic E-state index is 2.50. The fourth-order valence-electron chi connectivity index (χ4n) is 12.6. The second kappa shape index (κ2) is 16.7. The number of rotatable bonds is 7. The number of anilines is 6. The third-order valence-electron chi connectivity index (χ3n) is 15.5. The quantitative estimate of drug-likeness (QED) is 0.147. The second-order valence-electron chi connectivity index (χ2n) is 19.1. The van der Waals surface area contributed by atoms with E-state index in [-0.39, 0.29) is 13.4 Å². The zero-order valence-electron chi connectivity index (χ0n) is 39.1. The highest BCUT2D eigenvalue weighted by Crippen LogP contribution is 2.50. The molecule has 0 N–H and O–H groups in total. The molecular formula is C67H46B2N2. The standard InChI is InChI=1S/C67H46B2N2/c1-4-21-47(22-5-1)49-25-18-29-54(45-49)70(55-30-19-26-50(46-55)48-23-6-2-7-24-48)53-43-41-51(42-44-53)68-60-35-13-10-31-56(60)67(57-32-11-14-36-61(57)68)58-33-12-15-37-62(58)69-63-38-16-17-39-64(63)71(52-27-8-3-9-28-52)65-40-20-34-59(67)66(65)69/h1-46H. The number of hydrogen-bond donors (Lipinski definition) is 0. The molecule has 3 aliphatic heterocycles. The molecule has 71 heavy (non-hydrogen) atoms. The highest BCUT2D eigenvalue weighted by molar-refractivity contribution is 6.99. The molecule has 0 aromatic heterocycles. The summed E-state index contributed by atoms with van der Waals surface area (Å²) in [7, 11) is 0. The highest BCUT2D eigenvalue weighted by Gasteiger charge is 2.55. The van der Waals surface area contributed by atoms with Gasteiger partial charge in [0.1, 0.15) is 0 Å². The zero-order chi connectivity index (χ0) is 46.9. The van der Waals surface area contributed by atoms with Crippen molar-refractivity contribution >= 4 is 80.3 Å². The van der Waals surface area contributed by atoms with E-state index in [9.17, 15) is 0 Å². The van der Waals surface area contributed by atoms with Crippen molar-refractivity contribution in [3.8, 4) is 22.3 Å². The number of fused-ring (bicyclic) bond motifs is 10. The van der Waals surface area contributed by atoms with E-state index < -0.39 is 5.41 Å². The molecule has 11 aromatic rings. The van der Waals surface area contributed by atoms with Crippen molar-refractivity contribution in [2.45, 2.75) is 5.41 Å². The predicted molar refractivity (Wildman–Crippen MR) is 301 cm³/mol. The van der Waals surface area contributed by atoms with Gasteiger partial charge >= 0.3 is 0 Å². The van der Waals surface area contributed by atoms with Crippen LogP contribution in [0.4, 0.5) is 34.1 Å². The topological polar surface area (TPSA) is 6.48 Å². The minimum Gasteiger partial charge on any atom is -0.312 e. The first-order chi connectivity index (χ1) is 35.3. The van der Waals surface area contributed by atoms with E-state index in [4.69, 9.17) is 0 Å². The van der Waals surface area contributed by atoms with Gasteiger partial charge in [-0.05, 0) is 116 Å². The Bertz CT molecular complexity index is 3670. The average molecular weight is 901 g/mol. The van der Waals surface area contributed by atoms with Gasteiger partial charge in [0, 0.05) is 34.1 Å².